The van der Waals surface area contributed by atoms with E-state index in [4.69, 9.17) is 0 Å². The van der Waals surface area contributed by atoms with Crippen LogP contribution in [0.4, 0.5) is 0 Å². The Bertz CT molecular complexity index is 456. The van der Waals surface area contributed by atoms with Gasteiger partial charge in [0.1, 0.15) is 6.04 Å². The molecule has 1 aliphatic rings. The summed E-state index contributed by atoms with van der Waals surface area (Å²) in [5.74, 6) is -2.20. The van der Waals surface area contributed by atoms with Crippen molar-refractivity contribution in [3.05, 3.63) is 0 Å². The average Bonchev–Trinajstić information content (AvgIpc) is 2.45. The maximum Gasteiger partial charge on any atom is 0.310 e. The molecule has 1 aliphatic heterocycles. The zero-order chi connectivity index (χ0) is 16.2. The number of carboxylic acid groups (broad SMARTS) is 1. The van der Waals surface area contributed by atoms with Crippen molar-refractivity contribution >= 4 is 23.7 Å². The molecule has 7 heteroatoms. The second-order valence-corrected chi connectivity index (χ2v) is 5.42. The molecule has 0 aromatic carbocycles. The molecule has 1 unspecified atom stereocenters. The van der Waals surface area contributed by atoms with Crippen LogP contribution in [0.1, 0.15) is 46.0 Å². The fourth-order valence-corrected chi connectivity index (χ4v) is 2.48. The van der Waals surface area contributed by atoms with E-state index in [-0.39, 0.29) is 25.2 Å². The maximum atomic E-state index is 12.1. The molecule has 0 aliphatic carbocycles. The van der Waals surface area contributed by atoms with Crippen molar-refractivity contribution in [2.24, 2.45) is 5.41 Å². The van der Waals surface area contributed by atoms with Gasteiger partial charge in [0.2, 0.25) is 11.8 Å². The lowest BCUT2D eigenvalue weighted by Gasteiger charge is -2.30. The number of amides is 3. The first-order valence-electron chi connectivity index (χ1n) is 7.10. The number of imide groups is 1. The van der Waals surface area contributed by atoms with E-state index >= 15 is 0 Å². The maximum absolute atomic E-state index is 12.1. The Morgan fingerprint density at radius 1 is 1.33 bits per heavy atom. The lowest BCUT2D eigenvalue weighted by atomic mass is 9.79. The number of likely N-dealkylation sites (N-methyl/N-ethyl adjacent to an activating group) is 1. The van der Waals surface area contributed by atoms with E-state index in [9.17, 15) is 24.3 Å². The molecule has 2 N–H and O–H groups in total. The second-order valence-electron chi connectivity index (χ2n) is 5.42. The Morgan fingerprint density at radius 2 is 1.90 bits per heavy atom. The topological polar surface area (TPSA) is 104 Å². The van der Waals surface area contributed by atoms with Gasteiger partial charge in [-0.2, -0.15) is 0 Å². The molecule has 7 nitrogen and oxygen atoms in total. The Kier molecular flexibility index (Phi) is 5.46. The molecule has 0 aromatic heterocycles. The average molecular weight is 298 g/mol. The summed E-state index contributed by atoms with van der Waals surface area (Å²) in [7, 11) is 1.38. The molecule has 0 spiro atoms. The van der Waals surface area contributed by atoms with Crippen LogP contribution in [0.25, 0.3) is 0 Å². The summed E-state index contributed by atoms with van der Waals surface area (Å²) in [5, 5.41) is 11.9. The van der Waals surface area contributed by atoms with Gasteiger partial charge in [0.25, 0.3) is 5.91 Å². The van der Waals surface area contributed by atoms with Gasteiger partial charge in [-0.1, -0.05) is 13.8 Å². The number of aliphatic carboxylic acids is 1. The van der Waals surface area contributed by atoms with E-state index in [1.807, 2.05) is 0 Å². The highest BCUT2D eigenvalue weighted by Gasteiger charge is 2.39. The van der Waals surface area contributed by atoms with Crippen molar-refractivity contribution in [2.75, 3.05) is 7.05 Å². The van der Waals surface area contributed by atoms with Crippen LogP contribution in [0.3, 0.4) is 0 Å². The molecule has 0 bridgehead atoms. The summed E-state index contributed by atoms with van der Waals surface area (Å²) in [5.41, 5.74) is -1.11. The van der Waals surface area contributed by atoms with E-state index in [0.717, 1.165) is 4.90 Å². The van der Waals surface area contributed by atoms with E-state index in [1.54, 1.807) is 13.8 Å². The van der Waals surface area contributed by atoms with Gasteiger partial charge in [-0.05, 0) is 19.3 Å². The quantitative estimate of drug-likeness (QED) is 0.696. The number of nitrogens with one attached hydrogen (secondary N) is 1. The third-order valence-electron chi connectivity index (χ3n) is 4.29. The fourth-order valence-electron chi connectivity index (χ4n) is 2.48. The summed E-state index contributed by atoms with van der Waals surface area (Å²) in [6.45, 7) is 3.45. The van der Waals surface area contributed by atoms with Gasteiger partial charge < -0.3 is 10.4 Å². The smallest absolute Gasteiger partial charge is 0.310 e. The third kappa shape index (κ3) is 3.59. The van der Waals surface area contributed by atoms with Gasteiger partial charge in [-0.15, -0.1) is 0 Å². The van der Waals surface area contributed by atoms with E-state index in [0.29, 0.717) is 12.8 Å². The molecule has 1 heterocycles. The lowest BCUT2D eigenvalue weighted by molar-refractivity contribution is -0.153. The van der Waals surface area contributed by atoms with Crippen LogP contribution in [0, 0.1) is 5.41 Å². The van der Waals surface area contributed by atoms with Crippen molar-refractivity contribution in [1.82, 2.24) is 10.2 Å². The molecular weight excluding hydrogens is 276 g/mol. The van der Waals surface area contributed by atoms with Crippen molar-refractivity contribution in [1.29, 1.82) is 0 Å². The third-order valence-corrected chi connectivity index (χ3v) is 4.29. The summed E-state index contributed by atoms with van der Waals surface area (Å²) in [6, 6.07) is -0.750. The highest BCUT2D eigenvalue weighted by atomic mass is 16.4. The van der Waals surface area contributed by atoms with Crippen molar-refractivity contribution in [2.45, 2.75) is 52.0 Å². The van der Waals surface area contributed by atoms with Gasteiger partial charge in [0.05, 0.1) is 5.41 Å². The first kappa shape index (κ1) is 17.1. The van der Waals surface area contributed by atoms with Gasteiger partial charge in [0.15, 0.2) is 0 Å². The number of hydrogen-bond donors (Lipinski definition) is 2. The molecule has 1 rings (SSSR count). The molecule has 0 radical (unpaired) electrons. The Hall–Kier alpha value is -1.92. The van der Waals surface area contributed by atoms with E-state index < -0.39 is 29.2 Å². The minimum Gasteiger partial charge on any atom is -0.481 e. The van der Waals surface area contributed by atoms with Gasteiger partial charge in [0, 0.05) is 19.9 Å². The largest absolute Gasteiger partial charge is 0.481 e. The normalized spacial score (nSPS) is 19.6. The number of piperidine rings is 1. The van der Waals surface area contributed by atoms with Crippen molar-refractivity contribution < 1.29 is 24.3 Å². The van der Waals surface area contributed by atoms with Crippen molar-refractivity contribution in [3.63, 3.8) is 0 Å². The summed E-state index contributed by atoms with van der Waals surface area (Å²) in [4.78, 5) is 47.7. The zero-order valence-electron chi connectivity index (χ0n) is 12.6. The number of rotatable bonds is 6. The van der Waals surface area contributed by atoms with E-state index in [2.05, 4.69) is 5.32 Å². The lowest BCUT2D eigenvalue weighted by Crippen LogP contribution is -2.53. The SMILES string of the molecule is CCC(CC)(CC(=O)NC1CCC(=O)N(C)C1=O)C(=O)O. The van der Waals surface area contributed by atoms with Crippen LogP contribution in [-0.2, 0) is 19.2 Å². The van der Waals surface area contributed by atoms with Crippen LogP contribution >= 0.6 is 0 Å². The molecule has 118 valence electrons. The van der Waals surface area contributed by atoms with E-state index in [1.165, 1.54) is 7.05 Å². The molecule has 1 fully saturated rings. The summed E-state index contributed by atoms with van der Waals surface area (Å²) >= 11 is 0. The summed E-state index contributed by atoms with van der Waals surface area (Å²) in [6.07, 6.45) is 0.953. The number of likely N-dealkylation sites (tertiary alicyclic amines) is 1. The molecule has 0 aromatic rings. The van der Waals surface area contributed by atoms with Crippen LogP contribution in [0.5, 0.6) is 0 Å². The number of carbonyl (C=O) groups is 4. The molecule has 0 saturated carbocycles. The Morgan fingerprint density at radius 3 is 2.38 bits per heavy atom. The van der Waals surface area contributed by atoms with Crippen LogP contribution in [-0.4, -0.2) is 46.8 Å². The number of carbonyl (C=O) groups excluding carboxylic acids is 3. The minimum atomic E-state index is -1.11. The van der Waals surface area contributed by atoms with Gasteiger partial charge >= 0.3 is 5.97 Å². The number of carboxylic acids is 1. The Balaban J connectivity index is 2.71. The minimum absolute atomic E-state index is 0.170. The van der Waals surface area contributed by atoms with Crippen molar-refractivity contribution in [3.8, 4) is 0 Å². The zero-order valence-corrected chi connectivity index (χ0v) is 12.6. The van der Waals surface area contributed by atoms with Gasteiger partial charge in [-0.25, -0.2) is 0 Å². The van der Waals surface area contributed by atoms with Crippen LogP contribution < -0.4 is 5.32 Å². The van der Waals surface area contributed by atoms with Gasteiger partial charge in [-0.3, -0.25) is 24.1 Å². The fraction of sp³-hybridized carbons (Fsp3) is 0.714. The highest BCUT2D eigenvalue weighted by Crippen LogP contribution is 2.31. The predicted molar refractivity (Wildman–Crippen MR) is 74.2 cm³/mol. The first-order valence-corrected chi connectivity index (χ1v) is 7.10. The number of nitrogens with zero attached hydrogens (tertiary/aromatic N) is 1. The predicted octanol–water partition coefficient (Wildman–Crippen LogP) is 0.531. The molecule has 3 amide bonds. The Labute approximate surface area is 123 Å². The molecular formula is C14H22N2O5. The monoisotopic (exact) mass is 298 g/mol. The van der Waals surface area contributed by atoms with Crippen LogP contribution in [0.15, 0.2) is 0 Å². The summed E-state index contributed by atoms with van der Waals surface area (Å²) < 4.78 is 0. The molecule has 21 heavy (non-hydrogen) atoms. The highest BCUT2D eigenvalue weighted by molar-refractivity contribution is 6.01. The number of hydrogen-bond acceptors (Lipinski definition) is 4. The second kappa shape index (κ2) is 6.69. The molecule has 1 saturated heterocycles. The first-order chi connectivity index (χ1) is 9.77. The standard InChI is InChI=1S/C14H22N2O5/c1-4-14(5-2,13(20)21)8-10(17)15-9-6-7-11(18)16(3)12(9)19/h9H,4-8H2,1-3H3,(H,15,17)(H,20,21). The molecule has 1 atom stereocenters. The van der Waals surface area contributed by atoms with Crippen LogP contribution in [0.2, 0.25) is 0 Å².